The van der Waals surface area contributed by atoms with E-state index in [1.165, 1.54) is 11.1 Å². The second-order valence-corrected chi connectivity index (χ2v) is 9.90. The lowest BCUT2D eigenvalue weighted by molar-refractivity contribution is 0.470. The number of rotatable bonds is 4. The number of phenols is 2. The van der Waals surface area contributed by atoms with E-state index in [4.69, 9.17) is 0 Å². The Hall–Kier alpha value is -4.56. The largest absolute Gasteiger partial charge is 0.507 e. The Morgan fingerprint density at radius 2 is 1.11 bits per heavy atom. The Morgan fingerprint density at radius 1 is 0.486 bits per heavy atom. The Balaban J connectivity index is 1.66. The summed E-state index contributed by atoms with van der Waals surface area (Å²) in [5.74, 6) is 0.700. The van der Waals surface area contributed by atoms with E-state index in [1.54, 1.807) is 12.1 Å². The van der Waals surface area contributed by atoms with Gasteiger partial charge in [-0.25, -0.2) is 0 Å². The van der Waals surface area contributed by atoms with Gasteiger partial charge in [0.25, 0.3) is 0 Å². The van der Waals surface area contributed by atoms with Gasteiger partial charge in [-0.3, -0.25) is 0 Å². The first-order chi connectivity index (χ1) is 18.0. The fourth-order valence-electron chi connectivity index (χ4n) is 5.29. The van der Waals surface area contributed by atoms with Gasteiger partial charge in [-0.2, -0.15) is 0 Å². The van der Waals surface area contributed by atoms with Gasteiger partial charge in [0.05, 0.1) is 0 Å². The summed E-state index contributed by atoms with van der Waals surface area (Å²) in [6.45, 7) is 4.42. The molecule has 180 valence electrons. The summed E-state index contributed by atoms with van der Waals surface area (Å²) in [7, 11) is 0. The van der Waals surface area contributed by atoms with E-state index in [0.29, 0.717) is 17.0 Å². The topological polar surface area (TPSA) is 40.5 Å². The average Bonchev–Trinajstić information content (AvgIpc) is 2.93. The van der Waals surface area contributed by atoms with E-state index >= 15 is 0 Å². The van der Waals surface area contributed by atoms with Crippen molar-refractivity contribution >= 4 is 21.5 Å². The molecule has 0 spiro atoms. The van der Waals surface area contributed by atoms with Crippen molar-refractivity contribution < 1.29 is 10.2 Å². The van der Waals surface area contributed by atoms with Crippen LogP contribution in [0.1, 0.15) is 25.3 Å². The third kappa shape index (κ3) is 4.01. The van der Waals surface area contributed by atoms with Crippen molar-refractivity contribution in [2.24, 2.45) is 0 Å². The minimum Gasteiger partial charge on any atom is -0.507 e. The zero-order chi connectivity index (χ0) is 25.5. The van der Waals surface area contributed by atoms with Gasteiger partial charge in [0.15, 0.2) is 0 Å². The van der Waals surface area contributed by atoms with Gasteiger partial charge in [-0.15, -0.1) is 0 Å². The van der Waals surface area contributed by atoms with Gasteiger partial charge in [-0.1, -0.05) is 111 Å². The molecule has 0 amide bonds. The zero-order valence-electron chi connectivity index (χ0n) is 20.9. The molecular weight excluding hydrogens is 452 g/mol. The maximum absolute atomic E-state index is 11.1. The summed E-state index contributed by atoms with van der Waals surface area (Å²) >= 11 is 0. The monoisotopic (exact) mass is 480 g/mol. The second-order valence-electron chi connectivity index (χ2n) is 9.90. The van der Waals surface area contributed by atoms with Crippen molar-refractivity contribution in [2.75, 3.05) is 0 Å². The molecule has 0 radical (unpaired) electrons. The lowest BCUT2D eigenvalue weighted by Crippen LogP contribution is -1.93. The molecule has 0 saturated carbocycles. The molecule has 0 aliphatic heterocycles. The molecule has 6 aromatic carbocycles. The number of benzene rings is 6. The lowest BCUT2D eigenvalue weighted by Gasteiger charge is -2.17. The minimum absolute atomic E-state index is 0.149. The van der Waals surface area contributed by atoms with Crippen LogP contribution >= 0.6 is 0 Å². The van der Waals surface area contributed by atoms with Gasteiger partial charge in [-0.05, 0) is 73.5 Å². The van der Waals surface area contributed by atoms with Crippen molar-refractivity contribution in [3.63, 3.8) is 0 Å². The first-order valence-corrected chi connectivity index (χ1v) is 12.7. The van der Waals surface area contributed by atoms with E-state index in [2.05, 4.69) is 74.5 Å². The number of hydrogen-bond acceptors (Lipinski definition) is 2. The summed E-state index contributed by atoms with van der Waals surface area (Å²) in [5.41, 5.74) is 7.12. The third-order valence-electron chi connectivity index (χ3n) is 7.26. The van der Waals surface area contributed by atoms with E-state index in [9.17, 15) is 10.2 Å². The van der Waals surface area contributed by atoms with Crippen LogP contribution in [0.25, 0.3) is 54.9 Å². The molecule has 6 rings (SSSR count). The quantitative estimate of drug-likeness (QED) is 0.264. The SMILES string of the molecule is CC(C)c1ccc(-c2ccccc2)c(-c2ccc3ccc(O)c(-c4c(O)ccc5ccccc45)c3c2)c1. The average molecular weight is 481 g/mol. The summed E-state index contributed by atoms with van der Waals surface area (Å²) in [6, 6.07) is 38.8. The van der Waals surface area contributed by atoms with Crippen LogP contribution in [0.5, 0.6) is 11.5 Å². The highest BCUT2D eigenvalue weighted by atomic mass is 16.3. The number of phenolic OH excluding ortho intramolecular Hbond substituents is 2. The highest BCUT2D eigenvalue weighted by molar-refractivity contribution is 6.10. The van der Waals surface area contributed by atoms with E-state index in [-0.39, 0.29) is 11.5 Å². The predicted molar refractivity (Wildman–Crippen MR) is 155 cm³/mol. The second kappa shape index (κ2) is 9.15. The van der Waals surface area contributed by atoms with Crippen LogP contribution < -0.4 is 0 Å². The first-order valence-electron chi connectivity index (χ1n) is 12.7. The molecule has 0 fully saturated rings. The maximum Gasteiger partial charge on any atom is 0.124 e. The van der Waals surface area contributed by atoms with Crippen LogP contribution in [0.2, 0.25) is 0 Å². The normalized spacial score (nSPS) is 11.4. The maximum atomic E-state index is 11.1. The van der Waals surface area contributed by atoms with Crippen LogP contribution in [0.4, 0.5) is 0 Å². The molecule has 37 heavy (non-hydrogen) atoms. The Kier molecular flexibility index (Phi) is 5.65. The smallest absolute Gasteiger partial charge is 0.124 e. The van der Waals surface area contributed by atoms with Crippen LogP contribution in [0.15, 0.2) is 115 Å². The van der Waals surface area contributed by atoms with Crippen LogP contribution in [-0.2, 0) is 0 Å². The first kappa shape index (κ1) is 22.9. The van der Waals surface area contributed by atoms with Crippen LogP contribution in [-0.4, -0.2) is 10.2 Å². The van der Waals surface area contributed by atoms with Gasteiger partial charge < -0.3 is 10.2 Å². The van der Waals surface area contributed by atoms with Gasteiger partial charge in [0.1, 0.15) is 11.5 Å². The molecule has 0 atom stereocenters. The highest BCUT2D eigenvalue weighted by Crippen LogP contribution is 2.46. The van der Waals surface area contributed by atoms with Crippen LogP contribution in [0, 0.1) is 0 Å². The summed E-state index contributed by atoms with van der Waals surface area (Å²) in [6.07, 6.45) is 0. The molecule has 2 nitrogen and oxygen atoms in total. The number of aromatic hydroxyl groups is 2. The molecule has 2 heteroatoms. The molecule has 0 aliphatic carbocycles. The summed E-state index contributed by atoms with van der Waals surface area (Å²) in [5, 5.41) is 26.0. The number of fused-ring (bicyclic) bond motifs is 2. The molecule has 0 bridgehead atoms. The lowest BCUT2D eigenvalue weighted by atomic mass is 9.87. The zero-order valence-corrected chi connectivity index (χ0v) is 20.9. The minimum atomic E-state index is 0.149. The summed E-state index contributed by atoms with van der Waals surface area (Å²) in [4.78, 5) is 0. The molecule has 2 N–H and O–H groups in total. The Labute approximate surface area is 217 Å². The van der Waals surface area contributed by atoms with Crippen molar-refractivity contribution in [1.82, 2.24) is 0 Å². The highest BCUT2D eigenvalue weighted by Gasteiger charge is 2.18. The molecule has 0 unspecified atom stereocenters. The van der Waals surface area contributed by atoms with E-state index in [1.807, 2.05) is 42.5 Å². The van der Waals surface area contributed by atoms with Crippen molar-refractivity contribution in [2.45, 2.75) is 19.8 Å². The Bertz CT molecular complexity index is 1760. The van der Waals surface area contributed by atoms with E-state index in [0.717, 1.165) is 38.2 Å². The molecule has 6 aromatic rings. The Morgan fingerprint density at radius 3 is 1.84 bits per heavy atom. The molecule has 0 aromatic heterocycles. The van der Waals surface area contributed by atoms with E-state index < -0.39 is 0 Å². The fourth-order valence-corrected chi connectivity index (χ4v) is 5.29. The van der Waals surface area contributed by atoms with Crippen molar-refractivity contribution in [3.8, 4) is 44.9 Å². The molecule has 0 heterocycles. The number of hydrogen-bond donors (Lipinski definition) is 2. The van der Waals surface area contributed by atoms with Gasteiger partial charge in [0.2, 0.25) is 0 Å². The molecular formula is C35H28O2. The summed E-state index contributed by atoms with van der Waals surface area (Å²) < 4.78 is 0. The standard InChI is InChI=1S/C35H28O2/c1-22(2)26-14-17-28(23-8-4-3-5-9-23)30(20-26)27-13-12-25-16-19-33(37)35(31(25)21-27)34-29-11-7-6-10-24(29)15-18-32(34)36/h3-22,36-37H,1-2H3. The molecule has 0 saturated heterocycles. The molecule has 0 aliphatic rings. The van der Waals surface area contributed by atoms with Crippen molar-refractivity contribution in [3.05, 3.63) is 121 Å². The van der Waals surface area contributed by atoms with Crippen molar-refractivity contribution in [1.29, 1.82) is 0 Å². The van der Waals surface area contributed by atoms with Gasteiger partial charge in [0, 0.05) is 11.1 Å². The predicted octanol–water partition coefficient (Wildman–Crippen LogP) is 9.53. The van der Waals surface area contributed by atoms with Gasteiger partial charge >= 0.3 is 0 Å². The van der Waals surface area contributed by atoms with Crippen LogP contribution in [0.3, 0.4) is 0 Å². The third-order valence-corrected chi connectivity index (χ3v) is 7.26. The fraction of sp³-hybridized carbons (Fsp3) is 0.0857.